The van der Waals surface area contributed by atoms with Gasteiger partial charge >= 0.3 is 0 Å². The van der Waals surface area contributed by atoms with E-state index in [0.29, 0.717) is 10.0 Å². The first kappa shape index (κ1) is 10.3. The second-order valence-electron chi connectivity index (χ2n) is 4.04. The van der Waals surface area contributed by atoms with Crippen molar-refractivity contribution in [2.75, 3.05) is 6.61 Å². The predicted octanol–water partition coefficient (Wildman–Crippen LogP) is 3.31. The lowest BCUT2D eigenvalue weighted by Gasteiger charge is -2.13. The zero-order chi connectivity index (χ0) is 10.2. The summed E-state index contributed by atoms with van der Waals surface area (Å²) in [6, 6.07) is 5.53. The van der Waals surface area contributed by atoms with E-state index in [1.165, 1.54) is 0 Å². The predicted molar refractivity (Wildman–Crippen MR) is 58.9 cm³/mol. The number of aliphatic hydroxyl groups excluding tert-OH is 1. The van der Waals surface area contributed by atoms with Gasteiger partial charge in [0.15, 0.2) is 0 Å². The van der Waals surface area contributed by atoms with Crippen molar-refractivity contribution in [2.24, 2.45) is 5.41 Å². The lowest BCUT2D eigenvalue weighted by atomic mass is 9.97. The van der Waals surface area contributed by atoms with E-state index in [1.807, 2.05) is 18.2 Å². The Morgan fingerprint density at radius 2 is 1.79 bits per heavy atom. The third kappa shape index (κ3) is 1.90. The van der Waals surface area contributed by atoms with Crippen LogP contribution in [0.3, 0.4) is 0 Å². The number of hydrogen-bond donors (Lipinski definition) is 1. The zero-order valence-corrected chi connectivity index (χ0v) is 9.28. The fraction of sp³-hybridized carbons (Fsp3) is 0.455. The Hall–Kier alpha value is -0.240. The Labute approximate surface area is 93.7 Å². The van der Waals surface area contributed by atoms with Crippen LogP contribution < -0.4 is 0 Å². The van der Waals surface area contributed by atoms with Gasteiger partial charge in [0.25, 0.3) is 0 Å². The van der Waals surface area contributed by atoms with E-state index in [9.17, 15) is 5.11 Å². The van der Waals surface area contributed by atoms with Crippen LogP contribution in [0.1, 0.15) is 18.4 Å². The van der Waals surface area contributed by atoms with Crippen molar-refractivity contribution in [1.82, 2.24) is 0 Å². The fourth-order valence-corrected chi connectivity index (χ4v) is 2.17. The molecule has 2 rings (SSSR count). The second kappa shape index (κ2) is 3.73. The van der Waals surface area contributed by atoms with E-state index in [4.69, 9.17) is 23.2 Å². The van der Waals surface area contributed by atoms with Crippen LogP contribution in [0.2, 0.25) is 10.0 Å². The minimum atomic E-state index is 0.0641. The van der Waals surface area contributed by atoms with E-state index in [1.54, 1.807) is 0 Å². The highest BCUT2D eigenvalue weighted by Gasteiger charge is 2.42. The summed E-state index contributed by atoms with van der Waals surface area (Å²) < 4.78 is 0. The molecule has 14 heavy (non-hydrogen) atoms. The molecule has 1 aromatic rings. The van der Waals surface area contributed by atoms with Crippen LogP contribution in [-0.4, -0.2) is 11.7 Å². The third-order valence-corrected chi connectivity index (χ3v) is 3.61. The van der Waals surface area contributed by atoms with Gasteiger partial charge in [-0.25, -0.2) is 0 Å². The van der Waals surface area contributed by atoms with Gasteiger partial charge in [-0.2, -0.15) is 0 Å². The van der Waals surface area contributed by atoms with Gasteiger partial charge < -0.3 is 5.11 Å². The van der Waals surface area contributed by atoms with Crippen LogP contribution in [0.5, 0.6) is 0 Å². The summed E-state index contributed by atoms with van der Waals surface area (Å²) >= 11 is 12.1. The van der Waals surface area contributed by atoms with Gasteiger partial charge in [-0.1, -0.05) is 29.3 Å². The molecule has 0 bridgehead atoms. The molecule has 1 nitrogen and oxygen atoms in total. The Bertz CT molecular complexity index is 325. The maximum Gasteiger partial charge on any atom is 0.0490 e. The lowest BCUT2D eigenvalue weighted by molar-refractivity contribution is 0.211. The van der Waals surface area contributed by atoms with Gasteiger partial charge in [0.05, 0.1) is 0 Å². The molecule has 0 heterocycles. The maximum absolute atomic E-state index is 9.21. The zero-order valence-electron chi connectivity index (χ0n) is 7.76. The topological polar surface area (TPSA) is 20.2 Å². The molecule has 1 aliphatic rings. The van der Waals surface area contributed by atoms with Crippen molar-refractivity contribution in [3.05, 3.63) is 33.8 Å². The molecule has 76 valence electrons. The molecule has 0 amide bonds. The average molecular weight is 231 g/mol. The first-order valence-corrected chi connectivity index (χ1v) is 5.46. The van der Waals surface area contributed by atoms with Gasteiger partial charge in [0.2, 0.25) is 0 Å². The molecule has 3 heteroatoms. The van der Waals surface area contributed by atoms with Gasteiger partial charge in [-0.3, -0.25) is 0 Å². The average Bonchev–Trinajstić information content (AvgIpc) is 2.93. The van der Waals surface area contributed by atoms with Gasteiger partial charge in [0.1, 0.15) is 0 Å². The summed E-state index contributed by atoms with van der Waals surface area (Å²) in [5, 5.41) is 10.6. The molecule has 0 radical (unpaired) electrons. The first-order chi connectivity index (χ1) is 6.67. The SMILES string of the molecule is OCC1(Cc2c(Cl)cccc2Cl)CC1. The normalized spacial score (nSPS) is 18.2. The molecular weight excluding hydrogens is 219 g/mol. The molecule has 1 saturated carbocycles. The van der Waals surface area contributed by atoms with Crippen molar-refractivity contribution in [3.63, 3.8) is 0 Å². The lowest BCUT2D eigenvalue weighted by Crippen LogP contribution is -2.10. The van der Waals surface area contributed by atoms with Crippen molar-refractivity contribution in [1.29, 1.82) is 0 Å². The molecule has 1 N–H and O–H groups in total. The number of aliphatic hydroxyl groups is 1. The first-order valence-electron chi connectivity index (χ1n) is 4.71. The van der Waals surface area contributed by atoms with E-state index in [0.717, 1.165) is 24.8 Å². The maximum atomic E-state index is 9.21. The third-order valence-electron chi connectivity index (χ3n) is 2.91. The van der Waals surface area contributed by atoms with Crippen molar-refractivity contribution < 1.29 is 5.11 Å². The highest BCUT2D eigenvalue weighted by Crippen LogP contribution is 2.49. The Kier molecular flexibility index (Phi) is 2.74. The summed E-state index contributed by atoms with van der Waals surface area (Å²) in [5.74, 6) is 0. The van der Waals surface area contributed by atoms with Crippen molar-refractivity contribution in [2.45, 2.75) is 19.3 Å². The number of benzene rings is 1. The van der Waals surface area contributed by atoms with Gasteiger partial charge in [0, 0.05) is 16.7 Å². The molecule has 0 aromatic heterocycles. The van der Waals surface area contributed by atoms with E-state index in [-0.39, 0.29) is 12.0 Å². The number of hydrogen-bond acceptors (Lipinski definition) is 1. The van der Waals surface area contributed by atoms with Crippen LogP contribution in [0.4, 0.5) is 0 Å². The standard InChI is InChI=1S/C11H12Cl2O/c12-9-2-1-3-10(13)8(9)6-11(7-14)4-5-11/h1-3,14H,4-7H2. The Balaban J connectivity index is 2.24. The molecule has 1 fully saturated rings. The van der Waals surface area contributed by atoms with Gasteiger partial charge in [-0.15, -0.1) is 0 Å². The Morgan fingerprint density at radius 3 is 2.21 bits per heavy atom. The monoisotopic (exact) mass is 230 g/mol. The van der Waals surface area contributed by atoms with Crippen LogP contribution >= 0.6 is 23.2 Å². The number of rotatable bonds is 3. The summed E-state index contributed by atoms with van der Waals surface area (Å²) in [7, 11) is 0. The summed E-state index contributed by atoms with van der Waals surface area (Å²) in [5.41, 5.74) is 1.04. The summed E-state index contributed by atoms with van der Waals surface area (Å²) in [6.45, 7) is 0.231. The molecule has 0 atom stereocenters. The van der Waals surface area contributed by atoms with Crippen molar-refractivity contribution in [3.8, 4) is 0 Å². The minimum Gasteiger partial charge on any atom is -0.396 e. The van der Waals surface area contributed by atoms with E-state index in [2.05, 4.69) is 0 Å². The van der Waals surface area contributed by atoms with Crippen LogP contribution in [0.25, 0.3) is 0 Å². The molecule has 0 unspecified atom stereocenters. The Morgan fingerprint density at radius 1 is 1.21 bits per heavy atom. The highest BCUT2D eigenvalue weighted by atomic mass is 35.5. The molecule has 1 aromatic carbocycles. The van der Waals surface area contributed by atoms with Crippen LogP contribution in [-0.2, 0) is 6.42 Å². The van der Waals surface area contributed by atoms with Crippen molar-refractivity contribution >= 4 is 23.2 Å². The van der Waals surface area contributed by atoms with Crippen LogP contribution in [0, 0.1) is 5.41 Å². The second-order valence-corrected chi connectivity index (χ2v) is 4.85. The largest absolute Gasteiger partial charge is 0.396 e. The number of halogens is 2. The fourth-order valence-electron chi connectivity index (χ4n) is 1.64. The van der Waals surface area contributed by atoms with E-state index >= 15 is 0 Å². The van der Waals surface area contributed by atoms with Crippen LogP contribution in [0.15, 0.2) is 18.2 Å². The van der Waals surface area contributed by atoms with E-state index < -0.39 is 0 Å². The quantitative estimate of drug-likeness (QED) is 0.846. The molecule has 1 aliphatic carbocycles. The summed E-state index contributed by atoms with van der Waals surface area (Å²) in [4.78, 5) is 0. The smallest absolute Gasteiger partial charge is 0.0490 e. The molecule has 0 spiro atoms. The molecular formula is C11H12Cl2O. The molecule has 0 aliphatic heterocycles. The highest BCUT2D eigenvalue weighted by molar-refractivity contribution is 6.36. The molecule has 0 saturated heterocycles. The summed E-state index contributed by atoms with van der Waals surface area (Å²) in [6.07, 6.45) is 2.94. The minimum absolute atomic E-state index is 0.0641. The van der Waals surface area contributed by atoms with Gasteiger partial charge in [-0.05, 0) is 42.4 Å².